The first-order valence-corrected chi connectivity index (χ1v) is 5.02. The predicted octanol–water partition coefficient (Wildman–Crippen LogP) is 2.10. The van der Waals surface area contributed by atoms with Crippen molar-refractivity contribution in [3.8, 4) is 0 Å². The monoisotopic (exact) mass is 208 g/mol. The van der Waals surface area contributed by atoms with Crippen molar-refractivity contribution in [3.05, 3.63) is 29.8 Å². The molecule has 82 valence electrons. The van der Waals surface area contributed by atoms with Gasteiger partial charge in [0, 0.05) is 25.2 Å². The highest BCUT2D eigenvalue weighted by molar-refractivity contribution is 5.19. The lowest BCUT2D eigenvalue weighted by molar-refractivity contribution is -0.0705. The molecule has 1 N–H and O–H groups in total. The van der Waals surface area contributed by atoms with Crippen molar-refractivity contribution in [2.45, 2.75) is 32.0 Å². The Morgan fingerprint density at radius 1 is 1.60 bits per heavy atom. The van der Waals surface area contributed by atoms with Gasteiger partial charge in [0.2, 0.25) is 0 Å². The molecule has 0 radical (unpaired) electrons. The molecule has 1 atom stereocenters. The largest absolute Gasteiger partial charge is 0.512 e. The van der Waals surface area contributed by atoms with Gasteiger partial charge >= 0.3 is 0 Å². The molecule has 0 fully saturated rings. The van der Waals surface area contributed by atoms with Crippen molar-refractivity contribution in [1.29, 1.82) is 0 Å². The maximum absolute atomic E-state index is 9.64. The Morgan fingerprint density at radius 3 is 2.87 bits per heavy atom. The van der Waals surface area contributed by atoms with Crippen molar-refractivity contribution in [3.63, 3.8) is 0 Å². The lowest BCUT2D eigenvalue weighted by Gasteiger charge is -2.33. The number of hydrogen-bond donors (Lipinski definition) is 1. The fourth-order valence-electron chi connectivity index (χ4n) is 1.84. The van der Waals surface area contributed by atoms with E-state index in [9.17, 15) is 5.11 Å². The summed E-state index contributed by atoms with van der Waals surface area (Å²) in [5, 5.41) is 13.7. The zero-order valence-electron chi connectivity index (χ0n) is 9.27. The fourth-order valence-corrected chi connectivity index (χ4v) is 1.84. The van der Waals surface area contributed by atoms with Crippen LogP contribution in [-0.2, 0) is 11.8 Å². The molecular formula is C11H16N2O2. The van der Waals surface area contributed by atoms with E-state index in [0.29, 0.717) is 12.2 Å². The van der Waals surface area contributed by atoms with E-state index in [2.05, 4.69) is 5.10 Å². The lowest BCUT2D eigenvalue weighted by atomic mass is 9.97. The van der Waals surface area contributed by atoms with Crippen molar-refractivity contribution in [2.75, 3.05) is 0 Å². The van der Waals surface area contributed by atoms with E-state index in [0.717, 1.165) is 5.56 Å². The van der Waals surface area contributed by atoms with Gasteiger partial charge in [0.15, 0.2) is 0 Å². The molecule has 0 saturated heterocycles. The molecule has 4 nitrogen and oxygen atoms in total. The minimum absolute atomic E-state index is 0.192. The molecule has 0 amide bonds. The molecule has 0 bridgehead atoms. The number of aliphatic hydroxyl groups excluding tert-OH is 1. The molecule has 1 aromatic heterocycles. The van der Waals surface area contributed by atoms with Crippen LogP contribution in [0.25, 0.3) is 0 Å². The van der Waals surface area contributed by atoms with Gasteiger partial charge in [-0.2, -0.15) is 5.10 Å². The highest BCUT2D eigenvalue weighted by Gasteiger charge is 2.30. The molecule has 4 heteroatoms. The van der Waals surface area contributed by atoms with Crippen molar-refractivity contribution < 1.29 is 9.84 Å². The van der Waals surface area contributed by atoms with Gasteiger partial charge in [-0.3, -0.25) is 4.68 Å². The second-order valence-electron chi connectivity index (χ2n) is 4.58. The summed E-state index contributed by atoms with van der Waals surface area (Å²) in [5.74, 6) is 0.389. The third kappa shape index (κ3) is 2.21. The van der Waals surface area contributed by atoms with Gasteiger partial charge in [-0.15, -0.1) is 0 Å². The van der Waals surface area contributed by atoms with Gasteiger partial charge in [-0.1, -0.05) is 0 Å². The average Bonchev–Trinajstić information content (AvgIpc) is 2.48. The first-order chi connectivity index (χ1) is 6.96. The Bertz CT molecular complexity index is 393. The average molecular weight is 208 g/mol. The molecule has 2 rings (SSSR count). The van der Waals surface area contributed by atoms with Crippen LogP contribution in [0.4, 0.5) is 0 Å². The van der Waals surface area contributed by atoms with Gasteiger partial charge in [0.1, 0.15) is 6.10 Å². The second kappa shape index (κ2) is 3.38. The Labute approximate surface area is 89.2 Å². The van der Waals surface area contributed by atoms with E-state index in [-0.39, 0.29) is 11.7 Å². The first kappa shape index (κ1) is 10.2. The third-order valence-electron chi connectivity index (χ3n) is 2.45. The Kier molecular flexibility index (Phi) is 2.31. The molecule has 1 aliphatic heterocycles. The summed E-state index contributed by atoms with van der Waals surface area (Å²) in [6.07, 6.45) is 5.76. The zero-order valence-corrected chi connectivity index (χ0v) is 9.27. The van der Waals surface area contributed by atoms with Crippen LogP contribution < -0.4 is 0 Å². The van der Waals surface area contributed by atoms with E-state index in [1.165, 1.54) is 0 Å². The normalized spacial score (nSPS) is 25.0. The predicted molar refractivity (Wildman–Crippen MR) is 56.4 cm³/mol. The number of ether oxygens (including phenoxy) is 1. The standard InChI is InChI=1S/C11H16N2O2/c1-11(2)5-9(14)4-10(15-11)8-6-12-13(3)7-8/h4,6-7,10,14H,5H2,1-3H3. The van der Waals surface area contributed by atoms with Crippen molar-refractivity contribution in [2.24, 2.45) is 7.05 Å². The molecule has 0 spiro atoms. The van der Waals surface area contributed by atoms with Crippen LogP contribution in [0, 0.1) is 0 Å². The zero-order chi connectivity index (χ0) is 11.1. The highest BCUT2D eigenvalue weighted by atomic mass is 16.5. The molecule has 1 unspecified atom stereocenters. The molecule has 15 heavy (non-hydrogen) atoms. The van der Waals surface area contributed by atoms with E-state index in [1.54, 1.807) is 17.0 Å². The smallest absolute Gasteiger partial charge is 0.108 e. The van der Waals surface area contributed by atoms with Gasteiger partial charge < -0.3 is 9.84 Å². The first-order valence-electron chi connectivity index (χ1n) is 5.02. The molecule has 0 aromatic carbocycles. The van der Waals surface area contributed by atoms with Crippen LogP contribution in [0.2, 0.25) is 0 Å². The summed E-state index contributed by atoms with van der Waals surface area (Å²) >= 11 is 0. The van der Waals surface area contributed by atoms with Crippen molar-refractivity contribution >= 4 is 0 Å². The summed E-state index contributed by atoms with van der Waals surface area (Å²) in [7, 11) is 1.86. The van der Waals surface area contributed by atoms with Crippen molar-refractivity contribution in [1.82, 2.24) is 9.78 Å². The number of hydrogen-bond acceptors (Lipinski definition) is 3. The Morgan fingerprint density at radius 2 is 2.33 bits per heavy atom. The van der Waals surface area contributed by atoms with Crippen LogP contribution in [0.5, 0.6) is 0 Å². The maximum atomic E-state index is 9.64. The summed E-state index contributed by atoms with van der Waals surface area (Å²) < 4.78 is 7.58. The number of aryl methyl sites for hydroxylation is 1. The minimum Gasteiger partial charge on any atom is -0.512 e. The van der Waals surface area contributed by atoms with Gasteiger partial charge in [-0.25, -0.2) is 0 Å². The van der Waals surface area contributed by atoms with Gasteiger partial charge in [0.05, 0.1) is 17.6 Å². The molecular weight excluding hydrogens is 192 g/mol. The quantitative estimate of drug-likeness (QED) is 0.768. The SMILES string of the molecule is Cn1cc(C2C=C(O)CC(C)(C)O2)cn1. The number of aromatic nitrogens is 2. The van der Waals surface area contributed by atoms with Gasteiger partial charge in [-0.05, 0) is 19.9 Å². The van der Waals surface area contributed by atoms with E-state index in [4.69, 9.17) is 4.74 Å². The molecule has 0 saturated carbocycles. The van der Waals surface area contributed by atoms with Crippen LogP contribution in [0.1, 0.15) is 31.9 Å². The summed E-state index contributed by atoms with van der Waals surface area (Å²) in [4.78, 5) is 0. The summed E-state index contributed by atoms with van der Waals surface area (Å²) in [6, 6.07) is 0. The number of aliphatic hydroxyl groups is 1. The Hall–Kier alpha value is -1.29. The second-order valence-corrected chi connectivity index (χ2v) is 4.58. The topological polar surface area (TPSA) is 47.3 Å². The minimum atomic E-state index is -0.320. The van der Waals surface area contributed by atoms with Gasteiger partial charge in [0.25, 0.3) is 0 Å². The van der Waals surface area contributed by atoms with E-state index in [1.807, 2.05) is 27.1 Å². The van der Waals surface area contributed by atoms with E-state index < -0.39 is 0 Å². The van der Waals surface area contributed by atoms with Crippen LogP contribution >= 0.6 is 0 Å². The third-order valence-corrected chi connectivity index (χ3v) is 2.45. The highest BCUT2D eigenvalue weighted by Crippen LogP contribution is 2.34. The number of nitrogens with zero attached hydrogens (tertiary/aromatic N) is 2. The summed E-state index contributed by atoms with van der Waals surface area (Å²) in [5.41, 5.74) is 0.649. The molecule has 1 aliphatic rings. The van der Waals surface area contributed by atoms with Crippen LogP contribution in [0.15, 0.2) is 24.2 Å². The van der Waals surface area contributed by atoms with E-state index >= 15 is 0 Å². The van der Waals surface area contributed by atoms with Crippen LogP contribution in [-0.4, -0.2) is 20.5 Å². The fraction of sp³-hybridized carbons (Fsp3) is 0.545. The summed E-state index contributed by atoms with van der Waals surface area (Å²) in [6.45, 7) is 3.94. The number of rotatable bonds is 1. The van der Waals surface area contributed by atoms with Crippen LogP contribution in [0.3, 0.4) is 0 Å². The Balaban J connectivity index is 2.27. The molecule has 1 aromatic rings. The molecule has 2 heterocycles. The maximum Gasteiger partial charge on any atom is 0.108 e. The molecule has 0 aliphatic carbocycles. The lowest BCUT2D eigenvalue weighted by Crippen LogP contribution is -2.30.